The van der Waals surface area contributed by atoms with E-state index in [0.717, 1.165) is 17.0 Å². The van der Waals surface area contributed by atoms with Crippen molar-refractivity contribution in [3.05, 3.63) is 51.6 Å². The lowest BCUT2D eigenvalue weighted by molar-refractivity contribution is 0.390. The molecule has 0 saturated heterocycles. The smallest absolute Gasteiger partial charge is 0.138 e. The van der Waals surface area contributed by atoms with E-state index in [1.807, 2.05) is 20.8 Å². The minimum Gasteiger partial charge on any atom is -0.361 e. The van der Waals surface area contributed by atoms with Crippen LogP contribution < -0.4 is 5.32 Å². The quantitative estimate of drug-likeness (QED) is 0.923. The fraction of sp³-hybridized carbons (Fsp3) is 0.357. The summed E-state index contributed by atoms with van der Waals surface area (Å²) >= 11 is 5.99. The van der Waals surface area contributed by atoms with Crippen LogP contribution in [0.15, 0.2) is 22.7 Å². The maximum Gasteiger partial charge on any atom is 0.138 e. The van der Waals surface area contributed by atoms with Crippen LogP contribution in [0.2, 0.25) is 5.02 Å². The van der Waals surface area contributed by atoms with Crippen molar-refractivity contribution in [1.82, 2.24) is 10.5 Å². The van der Waals surface area contributed by atoms with Gasteiger partial charge in [0.25, 0.3) is 0 Å². The van der Waals surface area contributed by atoms with Crippen molar-refractivity contribution < 1.29 is 8.91 Å². The van der Waals surface area contributed by atoms with Crippen LogP contribution in [0, 0.1) is 19.7 Å². The lowest BCUT2D eigenvalue weighted by Gasteiger charge is -2.14. The Morgan fingerprint density at radius 2 is 2.16 bits per heavy atom. The molecule has 1 unspecified atom stereocenters. The van der Waals surface area contributed by atoms with Crippen LogP contribution in [-0.2, 0) is 6.54 Å². The first-order valence-electron chi connectivity index (χ1n) is 6.09. The molecule has 19 heavy (non-hydrogen) atoms. The van der Waals surface area contributed by atoms with Crippen molar-refractivity contribution in [2.75, 3.05) is 0 Å². The van der Waals surface area contributed by atoms with Crippen molar-refractivity contribution in [2.24, 2.45) is 0 Å². The van der Waals surface area contributed by atoms with Gasteiger partial charge in [-0.15, -0.1) is 0 Å². The molecule has 1 heterocycles. The number of hydrogen-bond donors (Lipinski definition) is 1. The molecular weight excluding hydrogens is 267 g/mol. The van der Waals surface area contributed by atoms with E-state index in [9.17, 15) is 4.39 Å². The maximum atomic E-state index is 13.6. The summed E-state index contributed by atoms with van der Waals surface area (Å²) in [5.74, 6) is 0.475. The molecule has 0 spiro atoms. The fourth-order valence-electron chi connectivity index (χ4n) is 2.17. The first-order valence-corrected chi connectivity index (χ1v) is 6.47. The van der Waals surface area contributed by atoms with Crippen molar-refractivity contribution in [1.29, 1.82) is 0 Å². The molecule has 2 aromatic rings. The highest BCUT2D eigenvalue weighted by Crippen LogP contribution is 2.23. The van der Waals surface area contributed by atoms with E-state index in [0.29, 0.717) is 17.1 Å². The van der Waals surface area contributed by atoms with Gasteiger partial charge in [0.15, 0.2) is 0 Å². The van der Waals surface area contributed by atoms with Crippen LogP contribution in [-0.4, -0.2) is 5.16 Å². The first kappa shape index (κ1) is 14.0. The van der Waals surface area contributed by atoms with E-state index < -0.39 is 0 Å². The predicted molar refractivity (Wildman–Crippen MR) is 72.6 cm³/mol. The van der Waals surface area contributed by atoms with E-state index in [1.165, 1.54) is 6.07 Å². The maximum absolute atomic E-state index is 13.6. The Balaban J connectivity index is 2.11. The molecule has 5 heteroatoms. The summed E-state index contributed by atoms with van der Waals surface area (Å²) in [6.07, 6.45) is 0. The summed E-state index contributed by atoms with van der Waals surface area (Å²) in [4.78, 5) is 0. The third kappa shape index (κ3) is 2.96. The zero-order valence-electron chi connectivity index (χ0n) is 11.1. The molecule has 0 aliphatic rings. The van der Waals surface area contributed by atoms with Crippen LogP contribution in [0.25, 0.3) is 0 Å². The minimum atomic E-state index is -0.300. The van der Waals surface area contributed by atoms with Crippen LogP contribution in [0.4, 0.5) is 4.39 Å². The molecule has 0 radical (unpaired) electrons. The van der Waals surface area contributed by atoms with Crippen LogP contribution in [0.3, 0.4) is 0 Å². The van der Waals surface area contributed by atoms with Gasteiger partial charge in [0.1, 0.15) is 11.6 Å². The zero-order chi connectivity index (χ0) is 14.0. The monoisotopic (exact) mass is 282 g/mol. The summed E-state index contributed by atoms with van der Waals surface area (Å²) in [7, 11) is 0. The second kappa shape index (κ2) is 5.72. The highest BCUT2D eigenvalue weighted by Gasteiger charge is 2.17. The summed E-state index contributed by atoms with van der Waals surface area (Å²) in [5.41, 5.74) is 2.33. The molecule has 0 aliphatic heterocycles. The summed E-state index contributed by atoms with van der Waals surface area (Å²) in [6, 6.07) is 4.70. The number of rotatable bonds is 4. The Labute approximate surface area is 116 Å². The Bertz CT molecular complexity index is 543. The Kier molecular flexibility index (Phi) is 4.22. The topological polar surface area (TPSA) is 38.1 Å². The van der Waals surface area contributed by atoms with E-state index >= 15 is 0 Å². The van der Waals surface area contributed by atoms with Gasteiger partial charge in [-0.1, -0.05) is 22.8 Å². The van der Waals surface area contributed by atoms with Gasteiger partial charge in [0.05, 0.1) is 5.69 Å². The number of benzene rings is 1. The molecule has 1 atom stereocenters. The largest absolute Gasteiger partial charge is 0.361 e. The third-order valence-electron chi connectivity index (χ3n) is 3.17. The molecule has 0 aliphatic carbocycles. The van der Waals surface area contributed by atoms with E-state index in [1.54, 1.807) is 12.1 Å². The van der Waals surface area contributed by atoms with Gasteiger partial charge in [0, 0.05) is 28.7 Å². The van der Waals surface area contributed by atoms with Crippen LogP contribution in [0.5, 0.6) is 0 Å². The number of nitrogens with zero attached hydrogens (tertiary/aromatic N) is 1. The van der Waals surface area contributed by atoms with E-state index in [2.05, 4.69) is 10.5 Å². The predicted octanol–water partition coefficient (Wildman–Crippen LogP) is 3.93. The average Bonchev–Trinajstić information content (AvgIpc) is 2.68. The molecule has 1 aromatic carbocycles. The highest BCUT2D eigenvalue weighted by molar-refractivity contribution is 6.31. The average molecular weight is 283 g/mol. The molecule has 1 aromatic heterocycles. The van der Waals surface area contributed by atoms with Gasteiger partial charge in [0.2, 0.25) is 0 Å². The molecule has 2 rings (SSSR count). The number of aromatic nitrogens is 1. The Hall–Kier alpha value is -1.39. The lowest BCUT2D eigenvalue weighted by Crippen LogP contribution is -2.20. The molecule has 102 valence electrons. The van der Waals surface area contributed by atoms with Crippen LogP contribution in [0.1, 0.15) is 35.5 Å². The van der Waals surface area contributed by atoms with Gasteiger partial charge in [-0.2, -0.15) is 0 Å². The van der Waals surface area contributed by atoms with Crippen LogP contribution >= 0.6 is 11.6 Å². The standard InChI is InChI=1S/C14H16ClFN2O/c1-8(14-9(2)18-19-10(14)3)17-7-11-12(15)5-4-6-13(11)16/h4-6,8,17H,7H2,1-3H3. The third-order valence-corrected chi connectivity index (χ3v) is 3.52. The Morgan fingerprint density at radius 1 is 1.42 bits per heavy atom. The molecule has 0 fully saturated rings. The van der Waals surface area contributed by atoms with Crippen molar-refractivity contribution in [3.63, 3.8) is 0 Å². The molecular formula is C14H16ClFN2O. The minimum absolute atomic E-state index is 0.0157. The SMILES string of the molecule is Cc1noc(C)c1C(C)NCc1c(F)cccc1Cl. The van der Waals surface area contributed by atoms with Crippen molar-refractivity contribution >= 4 is 11.6 Å². The summed E-state index contributed by atoms with van der Waals surface area (Å²) in [6.45, 7) is 6.10. The van der Waals surface area contributed by atoms with Gasteiger partial charge >= 0.3 is 0 Å². The number of halogens is 2. The van der Waals surface area contributed by atoms with Gasteiger partial charge < -0.3 is 9.84 Å². The van der Waals surface area contributed by atoms with Gasteiger partial charge in [-0.05, 0) is 32.9 Å². The lowest BCUT2D eigenvalue weighted by atomic mass is 10.1. The highest BCUT2D eigenvalue weighted by atomic mass is 35.5. The second-order valence-electron chi connectivity index (χ2n) is 4.54. The van der Waals surface area contributed by atoms with E-state index in [-0.39, 0.29) is 11.9 Å². The number of nitrogens with one attached hydrogen (secondary N) is 1. The summed E-state index contributed by atoms with van der Waals surface area (Å²) in [5, 5.41) is 7.58. The first-order chi connectivity index (χ1) is 9.00. The zero-order valence-corrected chi connectivity index (χ0v) is 11.9. The molecule has 0 bridgehead atoms. The van der Waals surface area contributed by atoms with Gasteiger partial charge in [-0.25, -0.2) is 4.39 Å². The second-order valence-corrected chi connectivity index (χ2v) is 4.95. The van der Waals surface area contributed by atoms with Crippen molar-refractivity contribution in [3.8, 4) is 0 Å². The Morgan fingerprint density at radius 3 is 2.74 bits per heavy atom. The number of hydrogen-bond acceptors (Lipinski definition) is 3. The van der Waals surface area contributed by atoms with E-state index in [4.69, 9.17) is 16.1 Å². The molecule has 0 saturated carbocycles. The van der Waals surface area contributed by atoms with Gasteiger partial charge in [-0.3, -0.25) is 0 Å². The molecule has 3 nitrogen and oxygen atoms in total. The fourth-order valence-corrected chi connectivity index (χ4v) is 2.40. The normalized spacial score (nSPS) is 12.7. The van der Waals surface area contributed by atoms with Crippen molar-refractivity contribution in [2.45, 2.75) is 33.4 Å². The number of aryl methyl sites for hydroxylation is 2. The molecule has 0 amide bonds. The molecule has 1 N–H and O–H groups in total. The summed E-state index contributed by atoms with van der Waals surface area (Å²) < 4.78 is 18.8.